The standard InChI is InChI=1S/C30H29O12/c31-16-23-27(40-24(35)13-17-1-7-20(32)8-2-17)28(41-25(36)14-18-3-9-21(33)10-4-18)29(30(38)39-23)42-26(37)15-19-5-11-22(34)12-6-19/h1-12,23,27-34H,13-16H2/q-1/t23-,27-,28+,29-,30-/m1/s1. The molecule has 0 amide bonds. The van der Waals surface area contributed by atoms with E-state index in [0.717, 1.165) is 0 Å². The first kappa shape index (κ1) is 30.3. The van der Waals surface area contributed by atoms with Crippen LogP contribution in [0.3, 0.4) is 0 Å². The quantitative estimate of drug-likeness (QED) is 0.193. The molecule has 0 aliphatic carbocycles. The van der Waals surface area contributed by atoms with E-state index in [4.69, 9.17) is 18.9 Å². The molecule has 12 nitrogen and oxygen atoms in total. The minimum absolute atomic E-state index is 0.00723. The Balaban J connectivity index is 1.56. The van der Waals surface area contributed by atoms with Gasteiger partial charge in [0, 0.05) is 6.29 Å². The molecule has 3 aromatic rings. The Hall–Kier alpha value is -4.65. The number of ether oxygens (including phenoxy) is 4. The Morgan fingerprint density at radius 1 is 0.595 bits per heavy atom. The number of phenols is 3. The summed E-state index contributed by atoms with van der Waals surface area (Å²) >= 11 is 0. The van der Waals surface area contributed by atoms with Crippen LogP contribution in [0.2, 0.25) is 0 Å². The number of aromatic hydroxyl groups is 3. The maximum atomic E-state index is 13.0. The van der Waals surface area contributed by atoms with E-state index in [1.54, 1.807) is 0 Å². The molecule has 1 heterocycles. The number of benzene rings is 3. The van der Waals surface area contributed by atoms with Crippen molar-refractivity contribution in [3.8, 4) is 17.2 Å². The Labute approximate surface area is 240 Å². The number of esters is 3. The van der Waals surface area contributed by atoms with Crippen LogP contribution in [0.4, 0.5) is 0 Å². The largest absolute Gasteiger partial charge is 0.828 e. The SMILES string of the molecule is O=C(Cc1ccc(O)cc1)O[C@@H]1[C@@H](OC(=O)Cc2ccc(O)cc2)[C@H]([O-])O[C@H](CO)[C@H]1OC(=O)Cc1ccc(O)cc1. The van der Waals surface area contributed by atoms with Crippen LogP contribution in [0.25, 0.3) is 0 Å². The average Bonchev–Trinajstić information content (AvgIpc) is 2.95. The van der Waals surface area contributed by atoms with Crippen molar-refractivity contribution in [2.75, 3.05) is 6.61 Å². The van der Waals surface area contributed by atoms with Crippen LogP contribution in [0, 0.1) is 0 Å². The summed E-state index contributed by atoms with van der Waals surface area (Å²) in [4.78, 5) is 38.6. The first-order valence-corrected chi connectivity index (χ1v) is 13.0. The second kappa shape index (κ2) is 13.8. The zero-order valence-corrected chi connectivity index (χ0v) is 22.2. The van der Waals surface area contributed by atoms with E-state index < -0.39 is 55.2 Å². The highest BCUT2D eigenvalue weighted by Gasteiger charge is 2.48. The number of hydrogen-bond donors (Lipinski definition) is 4. The number of aliphatic hydroxyl groups excluding tert-OH is 1. The van der Waals surface area contributed by atoms with Crippen LogP contribution in [-0.2, 0) is 52.6 Å². The van der Waals surface area contributed by atoms with Gasteiger partial charge in [-0.15, -0.1) is 0 Å². The van der Waals surface area contributed by atoms with E-state index in [1.165, 1.54) is 72.8 Å². The van der Waals surface area contributed by atoms with Crippen LogP contribution in [0.15, 0.2) is 72.8 Å². The highest BCUT2D eigenvalue weighted by molar-refractivity contribution is 5.75. The van der Waals surface area contributed by atoms with E-state index in [9.17, 15) is 39.9 Å². The molecule has 5 atom stereocenters. The topological polar surface area (TPSA) is 192 Å². The van der Waals surface area contributed by atoms with Gasteiger partial charge in [-0.25, -0.2) is 0 Å². The molecule has 1 fully saturated rings. The molecule has 42 heavy (non-hydrogen) atoms. The van der Waals surface area contributed by atoms with E-state index in [2.05, 4.69) is 0 Å². The smallest absolute Gasteiger partial charge is 0.310 e. The lowest BCUT2D eigenvalue weighted by Gasteiger charge is -2.47. The summed E-state index contributed by atoms with van der Waals surface area (Å²) in [5, 5.41) is 51.4. The third-order valence-electron chi connectivity index (χ3n) is 6.43. The van der Waals surface area contributed by atoms with Gasteiger partial charge in [0.05, 0.1) is 25.9 Å². The van der Waals surface area contributed by atoms with Gasteiger partial charge < -0.3 is 44.5 Å². The van der Waals surface area contributed by atoms with Gasteiger partial charge >= 0.3 is 17.9 Å². The van der Waals surface area contributed by atoms with Crippen molar-refractivity contribution in [1.29, 1.82) is 0 Å². The summed E-state index contributed by atoms with van der Waals surface area (Å²) in [6.07, 6.45) is -9.31. The lowest BCUT2D eigenvalue weighted by Crippen LogP contribution is -2.65. The fraction of sp³-hybridized carbons (Fsp3) is 0.300. The van der Waals surface area contributed by atoms with Crippen LogP contribution < -0.4 is 5.11 Å². The van der Waals surface area contributed by atoms with Crippen molar-refractivity contribution in [1.82, 2.24) is 0 Å². The molecule has 3 aromatic carbocycles. The molecule has 0 spiro atoms. The van der Waals surface area contributed by atoms with Gasteiger partial charge in [-0.05, 0) is 53.1 Å². The van der Waals surface area contributed by atoms with E-state index in [-0.39, 0.29) is 36.5 Å². The van der Waals surface area contributed by atoms with Crippen molar-refractivity contribution < 1.29 is 58.9 Å². The molecule has 0 unspecified atom stereocenters. The molecule has 4 N–H and O–H groups in total. The van der Waals surface area contributed by atoms with Crippen LogP contribution in [0.5, 0.6) is 17.2 Å². The summed E-state index contributed by atoms with van der Waals surface area (Å²) in [5.74, 6) is -2.61. The van der Waals surface area contributed by atoms with Crippen LogP contribution in [-0.4, -0.2) is 75.6 Å². The summed E-state index contributed by atoms with van der Waals surface area (Å²) in [6.45, 7) is -0.782. The van der Waals surface area contributed by atoms with E-state index in [0.29, 0.717) is 16.7 Å². The highest BCUT2D eigenvalue weighted by atomic mass is 16.7. The molecule has 1 aliphatic rings. The lowest BCUT2D eigenvalue weighted by atomic mass is 9.98. The minimum atomic E-state index is -2.11. The molecule has 0 saturated carbocycles. The molecule has 4 rings (SSSR count). The van der Waals surface area contributed by atoms with Gasteiger partial charge in [-0.1, -0.05) is 36.4 Å². The maximum absolute atomic E-state index is 13.0. The Morgan fingerprint density at radius 2 is 0.929 bits per heavy atom. The number of phenolic OH excluding ortho intramolecular Hbond substituents is 3. The third kappa shape index (κ3) is 8.19. The fourth-order valence-electron chi connectivity index (χ4n) is 4.35. The molecule has 12 heteroatoms. The number of carbonyl (C=O) groups is 3. The summed E-state index contributed by atoms with van der Waals surface area (Å²) in [7, 11) is 0. The van der Waals surface area contributed by atoms with Gasteiger partial charge in [-0.3, -0.25) is 14.4 Å². The Morgan fingerprint density at radius 3 is 1.29 bits per heavy atom. The zero-order valence-electron chi connectivity index (χ0n) is 22.2. The number of rotatable bonds is 10. The minimum Gasteiger partial charge on any atom is -0.828 e. The Bertz CT molecular complexity index is 1350. The first-order chi connectivity index (χ1) is 20.1. The van der Waals surface area contributed by atoms with Crippen molar-refractivity contribution in [2.45, 2.75) is 50.0 Å². The van der Waals surface area contributed by atoms with Gasteiger partial charge in [0.25, 0.3) is 0 Å². The monoisotopic (exact) mass is 581 g/mol. The summed E-state index contributed by atoms with van der Waals surface area (Å²) in [6, 6.07) is 17.1. The fourth-order valence-corrected chi connectivity index (χ4v) is 4.35. The Kier molecular flexibility index (Phi) is 9.97. The van der Waals surface area contributed by atoms with Crippen LogP contribution in [0.1, 0.15) is 16.7 Å². The average molecular weight is 582 g/mol. The number of hydrogen-bond acceptors (Lipinski definition) is 12. The molecule has 0 aromatic heterocycles. The summed E-state index contributed by atoms with van der Waals surface area (Å²) in [5.41, 5.74) is 1.40. The van der Waals surface area contributed by atoms with Gasteiger partial charge in [0.2, 0.25) is 0 Å². The predicted molar refractivity (Wildman–Crippen MR) is 141 cm³/mol. The lowest BCUT2D eigenvalue weighted by molar-refractivity contribution is -0.531. The number of carbonyl (C=O) groups excluding carboxylic acids is 3. The van der Waals surface area contributed by atoms with Crippen molar-refractivity contribution >= 4 is 17.9 Å². The molecular weight excluding hydrogens is 552 g/mol. The van der Waals surface area contributed by atoms with Crippen molar-refractivity contribution in [3.05, 3.63) is 89.5 Å². The van der Waals surface area contributed by atoms with Gasteiger partial charge in [0.1, 0.15) is 23.4 Å². The van der Waals surface area contributed by atoms with Gasteiger partial charge in [-0.2, -0.15) is 0 Å². The second-order valence-corrected chi connectivity index (χ2v) is 9.62. The molecule has 1 aliphatic heterocycles. The van der Waals surface area contributed by atoms with Crippen molar-refractivity contribution in [3.63, 3.8) is 0 Å². The first-order valence-electron chi connectivity index (χ1n) is 13.0. The van der Waals surface area contributed by atoms with E-state index in [1.807, 2.05) is 0 Å². The zero-order chi connectivity index (χ0) is 30.2. The molecule has 0 radical (unpaired) electrons. The second-order valence-electron chi connectivity index (χ2n) is 9.62. The molecule has 0 bridgehead atoms. The third-order valence-corrected chi connectivity index (χ3v) is 6.43. The maximum Gasteiger partial charge on any atom is 0.310 e. The highest BCUT2D eigenvalue weighted by Crippen LogP contribution is 2.28. The summed E-state index contributed by atoms with van der Waals surface area (Å²) < 4.78 is 21.8. The van der Waals surface area contributed by atoms with Gasteiger partial charge in [0.15, 0.2) is 18.3 Å². The normalized spacial score (nSPS) is 21.7. The van der Waals surface area contributed by atoms with Crippen LogP contribution >= 0.6 is 0 Å². The molecule has 222 valence electrons. The molecule has 1 saturated heterocycles. The molecular formula is C30H29O12-. The van der Waals surface area contributed by atoms with Crippen molar-refractivity contribution in [2.24, 2.45) is 0 Å². The number of aliphatic hydroxyl groups is 1. The van der Waals surface area contributed by atoms with E-state index >= 15 is 0 Å². The predicted octanol–water partition coefficient (Wildman–Crippen LogP) is 0.644.